The fraction of sp³-hybridized carbons (Fsp3) is 0.259. The molecule has 0 fully saturated rings. The van der Waals surface area contributed by atoms with Crippen molar-refractivity contribution in [3.8, 4) is 11.8 Å². The molecule has 1 amide bonds. The number of methoxy groups -OCH3 is 3. The zero-order valence-electron chi connectivity index (χ0n) is 21.0. The Morgan fingerprint density at radius 1 is 1.05 bits per heavy atom. The number of nitrogens with one attached hydrogen (secondary N) is 1. The van der Waals surface area contributed by atoms with Gasteiger partial charge in [0.2, 0.25) is 5.91 Å². The molecule has 0 saturated heterocycles. The second kappa shape index (κ2) is 11.8. The van der Waals surface area contributed by atoms with E-state index in [1.54, 1.807) is 42.5 Å². The van der Waals surface area contributed by atoms with Crippen LogP contribution >= 0.6 is 0 Å². The molecule has 1 unspecified atom stereocenters. The molecular formula is C27H28N4O6. The standard InChI is InChI=1S/C27H28N4O6/c1-5-9-21(32)30-19-13-12-17(14-20(19)35-2)31-24(27(34)37-4)23(26(33)36-3)22(18(15-28)25(31)29)16-10-7-6-8-11-16/h6-8,10-14,22H,5,9,29H2,1-4H3,(H,30,32). The first-order valence-electron chi connectivity index (χ1n) is 11.5. The average molecular weight is 505 g/mol. The topological polar surface area (TPSA) is 144 Å². The SMILES string of the molecule is CCCC(=O)Nc1ccc(N2C(N)=C(C#N)C(c3ccccc3)C(C(=O)OC)=C2C(=O)OC)cc1OC. The molecule has 10 nitrogen and oxygen atoms in total. The van der Waals surface area contributed by atoms with Crippen LogP contribution in [0, 0.1) is 11.3 Å². The Labute approximate surface area is 214 Å². The number of amides is 1. The number of nitriles is 1. The summed E-state index contributed by atoms with van der Waals surface area (Å²) < 4.78 is 15.5. The van der Waals surface area contributed by atoms with Gasteiger partial charge in [0.15, 0.2) is 0 Å². The minimum absolute atomic E-state index is 0.0403. The van der Waals surface area contributed by atoms with Gasteiger partial charge >= 0.3 is 11.9 Å². The molecule has 10 heteroatoms. The largest absolute Gasteiger partial charge is 0.494 e. The van der Waals surface area contributed by atoms with Gasteiger partial charge in [0.25, 0.3) is 0 Å². The van der Waals surface area contributed by atoms with Crippen LogP contribution in [0.1, 0.15) is 31.2 Å². The predicted molar refractivity (Wildman–Crippen MR) is 136 cm³/mol. The molecule has 2 aromatic rings. The van der Waals surface area contributed by atoms with Crippen molar-refractivity contribution in [3.05, 3.63) is 76.8 Å². The molecule has 3 N–H and O–H groups in total. The summed E-state index contributed by atoms with van der Waals surface area (Å²) in [6, 6.07) is 15.5. The highest BCUT2D eigenvalue weighted by molar-refractivity contribution is 6.06. The quantitative estimate of drug-likeness (QED) is 0.517. The van der Waals surface area contributed by atoms with Crippen LogP contribution in [0.4, 0.5) is 11.4 Å². The lowest BCUT2D eigenvalue weighted by Gasteiger charge is -2.36. The maximum absolute atomic E-state index is 13.2. The summed E-state index contributed by atoms with van der Waals surface area (Å²) in [5.41, 5.74) is 7.51. The Hall–Kier alpha value is -4.78. The fourth-order valence-electron chi connectivity index (χ4n) is 4.14. The highest BCUT2D eigenvalue weighted by Crippen LogP contribution is 2.44. The highest BCUT2D eigenvalue weighted by atomic mass is 16.5. The van der Waals surface area contributed by atoms with E-state index in [4.69, 9.17) is 19.9 Å². The molecule has 1 heterocycles. The monoisotopic (exact) mass is 504 g/mol. The Morgan fingerprint density at radius 2 is 1.73 bits per heavy atom. The molecule has 0 spiro atoms. The Bertz CT molecular complexity index is 1310. The van der Waals surface area contributed by atoms with E-state index >= 15 is 0 Å². The van der Waals surface area contributed by atoms with Crippen LogP contribution in [0.15, 0.2) is 71.2 Å². The van der Waals surface area contributed by atoms with E-state index in [0.717, 1.165) is 0 Å². The summed E-state index contributed by atoms with van der Waals surface area (Å²) in [6.45, 7) is 1.89. The molecule has 0 bridgehead atoms. The number of rotatable bonds is 8. The zero-order valence-corrected chi connectivity index (χ0v) is 21.0. The molecule has 192 valence electrons. The lowest BCUT2D eigenvalue weighted by atomic mass is 9.81. The van der Waals surface area contributed by atoms with Gasteiger partial charge in [-0.2, -0.15) is 5.26 Å². The summed E-state index contributed by atoms with van der Waals surface area (Å²) in [5.74, 6) is -2.64. The fourth-order valence-corrected chi connectivity index (χ4v) is 4.14. The number of benzene rings is 2. The van der Waals surface area contributed by atoms with E-state index in [1.165, 1.54) is 32.3 Å². The molecule has 2 aromatic carbocycles. The van der Waals surface area contributed by atoms with Crippen molar-refractivity contribution >= 4 is 29.2 Å². The molecule has 37 heavy (non-hydrogen) atoms. The zero-order chi connectivity index (χ0) is 27.1. The number of nitrogens with two attached hydrogens (primary N) is 1. The molecule has 0 saturated carbocycles. The second-order valence-corrected chi connectivity index (χ2v) is 8.02. The normalized spacial score (nSPS) is 15.1. The van der Waals surface area contributed by atoms with Gasteiger partial charge in [-0.25, -0.2) is 9.59 Å². The van der Waals surface area contributed by atoms with E-state index in [0.29, 0.717) is 29.8 Å². The number of carbonyl (C=O) groups is 3. The summed E-state index contributed by atoms with van der Waals surface area (Å²) in [6.07, 6.45) is 1.00. The van der Waals surface area contributed by atoms with E-state index in [-0.39, 0.29) is 34.3 Å². The van der Waals surface area contributed by atoms with Crippen molar-refractivity contribution in [2.24, 2.45) is 5.73 Å². The van der Waals surface area contributed by atoms with Gasteiger partial charge in [-0.1, -0.05) is 37.3 Å². The summed E-state index contributed by atoms with van der Waals surface area (Å²) in [4.78, 5) is 39.7. The maximum atomic E-state index is 13.2. The van der Waals surface area contributed by atoms with Crippen LogP contribution in [0.2, 0.25) is 0 Å². The Morgan fingerprint density at radius 3 is 2.30 bits per heavy atom. The first kappa shape index (κ1) is 26.8. The third kappa shape index (κ3) is 5.26. The van der Waals surface area contributed by atoms with E-state index in [9.17, 15) is 19.6 Å². The van der Waals surface area contributed by atoms with Crippen LogP contribution in [0.5, 0.6) is 5.75 Å². The molecule has 0 radical (unpaired) electrons. The number of ether oxygens (including phenoxy) is 3. The van der Waals surface area contributed by atoms with Crippen molar-refractivity contribution in [1.82, 2.24) is 0 Å². The Kier molecular flexibility index (Phi) is 8.53. The molecule has 1 atom stereocenters. The van der Waals surface area contributed by atoms with Gasteiger partial charge in [0.1, 0.15) is 17.3 Å². The Balaban J connectivity index is 2.30. The smallest absolute Gasteiger partial charge is 0.355 e. The molecule has 0 aliphatic carbocycles. The second-order valence-electron chi connectivity index (χ2n) is 8.02. The number of allylic oxidation sites excluding steroid dienone is 1. The van der Waals surface area contributed by atoms with Crippen molar-refractivity contribution < 1.29 is 28.6 Å². The third-order valence-corrected chi connectivity index (χ3v) is 5.80. The van der Waals surface area contributed by atoms with Crippen LogP contribution in [0.25, 0.3) is 0 Å². The van der Waals surface area contributed by atoms with Crippen LogP contribution < -0.4 is 20.7 Å². The number of anilines is 2. The average Bonchev–Trinajstić information content (AvgIpc) is 2.92. The van der Waals surface area contributed by atoms with Gasteiger partial charge in [-0.15, -0.1) is 0 Å². The first-order valence-corrected chi connectivity index (χ1v) is 11.5. The lowest BCUT2D eigenvalue weighted by Crippen LogP contribution is -2.40. The number of carbonyl (C=O) groups excluding carboxylic acids is 3. The number of esters is 2. The van der Waals surface area contributed by atoms with Crippen molar-refractivity contribution in [2.75, 3.05) is 31.5 Å². The summed E-state index contributed by atoms with van der Waals surface area (Å²) in [5, 5.41) is 12.9. The molecule has 0 aromatic heterocycles. The van der Waals surface area contributed by atoms with E-state index < -0.39 is 17.9 Å². The van der Waals surface area contributed by atoms with Gasteiger partial charge in [0, 0.05) is 12.5 Å². The summed E-state index contributed by atoms with van der Waals surface area (Å²) in [7, 11) is 3.78. The molecule has 3 rings (SSSR count). The lowest BCUT2D eigenvalue weighted by molar-refractivity contribution is -0.139. The van der Waals surface area contributed by atoms with Crippen LogP contribution in [-0.2, 0) is 23.9 Å². The molecule has 1 aliphatic heterocycles. The van der Waals surface area contributed by atoms with Crippen LogP contribution in [-0.4, -0.2) is 39.2 Å². The van der Waals surface area contributed by atoms with Gasteiger partial charge < -0.3 is 25.3 Å². The highest BCUT2D eigenvalue weighted by Gasteiger charge is 2.43. The predicted octanol–water partition coefficient (Wildman–Crippen LogP) is 3.33. The van der Waals surface area contributed by atoms with Gasteiger partial charge in [-0.3, -0.25) is 9.69 Å². The number of nitrogens with zero attached hydrogens (tertiary/aromatic N) is 2. The van der Waals surface area contributed by atoms with E-state index in [2.05, 4.69) is 11.4 Å². The summed E-state index contributed by atoms with van der Waals surface area (Å²) >= 11 is 0. The number of hydrogen-bond donors (Lipinski definition) is 2. The van der Waals surface area contributed by atoms with Crippen molar-refractivity contribution in [2.45, 2.75) is 25.7 Å². The van der Waals surface area contributed by atoms with Gasteiger partial charge in [0.05, 0.1) is 55.8 Å². The molecular weight excluding hydrogens is 476 g/mol. The van der Waals surface area contributed by atoms with Crippen molar-refractivity contribution in [3.63, 3.8) is 0 Å². The van der Waals surface area contributed by atoms with Crippen LogP contribution in [0.3, 0.4) is 0 Å². The van der Waals surface area contributed by atoms with Crippen molar-refractivity contribution in [1.29, 1.82) is 5.26 Å². The minimum Gasteiger partial charge on any atom is -0.494 e. The number of hydrogen-bond acceptors (Lipinski definition) is 9. The molecule has 1 aliphatic rings. The minimum atomic E-state index is -0.974. The van der Waals surface area contributed by atoms with E-state index in [1.807, 2.05) is 6.92 Å². The van der Waals surface area contributed by atoms with Gasteiger partial charge in [-0.05, 0) is 24.1 Å². The third-order valence-electron chi connectivity index (χ3n) is 5.80. The first-order chi connectivity index (χ1) is 17.8. The maximum Gasteiger partial charge on any atom is 0.355 e.